The molecule has 24 heavy (non-hydrogen) atoms. The summed E-state index contributed by atoms with van der Waals surface area (Å²) in [5, 5.41) is 10.6. The van der Waals surface area contributed by atoms with Crippen LogP contribution in [0.3, 0.4) is 0 Å². The molecule has 3 heterocycles. The molecule has 0 spiro atoms. The monoisotopic (exact) mass is 336 g/mol. The summed E-state index contributed by atoms with van der Waals surface area (Å²) in [6, 6.07) is -0.0529. The lowest BCUT2D eigenvalue weighted by atomic mass is 10.00. The van der Waals surface area contributed by atoms with Gasteiger partial charge in [-0.1, -0.05) is 0 Å². The fraction of sp³-hybridized carbons (Fsp3) is 0.765. The number of carbonyl (C=O) groups is 1. The third kappa shape index (κ3) is 3.42. The van der Waals surface area contributed by atoms with Gasteiger partial charge in [-0.15, -0.1) is 0 Å². The van der Waals surface area contributed by atoms with Gasteiger partial charge >= 0.3 is 6.03 Å². The number of ether oxygens (including phenoxy) is 2. The Morgan fingerprint density at radius 3 is 2.75 bits per heavy atom. The Kier molecular flexibility index (Phi) is 5.10. The van der Waals surface area contributed by atoms with Gasteiger partial charge in [0, 0.05) is 43.5 Å². The molecule has 0 aliphatic carbocycles. The summed E-state index contributed by atoms with van der Waals surface area (Å²) in [5.74, 6) is 0.397. The zero-order chi connectivity index (χ0) is 17.3. The number of urea groups is 1. The van der Waals surface area contributed by atoms with Crippen LogP contribution in [0.15, 0.2) is 0 Å². The van der Waals surface area contributed by atoms with Gasteiger partial charge < -0.3 is 20.1 Å². The lowest BCUT2D eigenvalue weighted by Gasteiger charge is -2.24. The van der Waals surface area contributed by atoms with E-state index in [-0.39, 0.29) is 24.2 Å². The maximum atomic E-state index is 12.4. The Labute approximate surface area is 143 Å². The molecule has 7 heteroatoms. The Bertz CT molecular complexity index is 595. The van der Waals surface area contributed by atoms with E-state index in [1.807, 2.05) is 32.5 Å². The lowest BCUT2D eigenvalue weighted by Crippen LogP contribution is -2.48. The number of nitrogens with zero attached hydrogens (tertiary/aromatic N) is 2. The molecule has 1 aromatic rings. The zero-order valence-corrected chi connectivity index (χ0v) is 15.0. The van der Waals surface area contributed by atoms with E-state index in [0.29, 0.717) is 12.5 Å². The molecule has 0 radical (unpaired) electrons. The van der Waals surface area contributed by atoms with E-state index in [4.69, 9.17) is 9.47 Å². The summed E-state index contributed by atoms with van der Waals surface area (Å²) in [5.41, 5.74) is 3.14. The van der Waals surface area contributed by atoms with Gasteiger partial charge in [-0.2, -0.15) is 5.10 Å². The predicted molar refractivity (Wildman–Crippen MR) is 89.8 cm³/mol. The van der Waals surface area contributed by atoms with Crippen molar-refractivity contribution in [2.75, 3.05) is 19.8 Å². The minimum atomic E-state index is -0.130. The Balaban J connectivity index is 1.62. The van der Waals surface area contributed by atoms with E-state index >= 15 is 0 Å². The fourth-order valence-electron chi connectivity index (χ4n) is 3.71. The quantitative estimate of drug-likeness (QED) is 0.875. The Hall–Kier alpha value is -1.60. The second kappa shape index (κ2) is 7.11. The van der Waals surface area contributed by atoms with Gasteiger partial charge in [0.25, 0.3) is 0 Å². The molecule has 2 fully saturated rings. The zero-order valence-electron chi connectivity index (χ0n) is 15.0. The minimum Gasteiger partial charge on any atom is -0.381 e. The normalized spacial score (nSPS) is 28.1. The van der Waals surface area contributed by atoms with Crippen molar-refractivity contribution < 1.29 is 14.3 Å². The number of hydrogen-bond donors (Lipinski definition) is 2. The van der Waals surface area contributed by atoms with Gasteiger partial charge in [-0.05, 0) is 33.6 Å². The first-order chi connectivity index (χ1) is 11.5. The van der Waals surface area contributed by atoms with Gasteiger partial charge in [-0.25, -0.2) is 4.79 Å². The van der Waals surface area contributed by atoms with Gasteiger partial charge in [0.15, 0.2) is 0 Å². The number of hydrogen-bond acceptors (Lipinski definition) is 4. The van der Waals surface area contributed by atoms with Crippen molar-refractivity contribution in [2.24, 2.45) is 13.0 Å². The van der Waals surface area contributed by atoms with E-state index in [2.05, 4.69) is 15.7 Å². The van der Waals surface area contributed by atoms with Crippen molar-refractivity contribution >= 4 is 6.03 Å². The van der Waals surface area contributed by atoms with Crippen LogP contribution in [0, 0.1) is 19.8 Å². The number of carbonyl (C=O) groups excluding carboxylic acids is 1. The highest BCUT2D eigenvalue weighted by atomic mass is 16.5. The van der Waals surface area contributed by atoms with Crippen molar-refractivity contribution in [2.45, 2.75) is 51.8 Å². The molecule has 2 N–H and O–H groups in total. The first-order valence-electron chi connectivity index (χ1n) is 8.74. The maximum absolute atomic E-state index is 12.4. The topological polar surface area (TPSA) is 77.4 Å². The molecular weight excluding hydrogens is 308 g/mol. The van der Waals surface area contributed by atoms with Crippen molar-refractivity contribution in [1.82, 2.24) is 20.4 Å². The average molecular weight is 336 g/mol. The molecule has 1 aromatic heterocycles. The van der Waals surface area contributed by atoms with Crippen molar-refractivity contribution in [3.8, 4) is 0 Å². The lowest BCUT2D eigenvalue weighted by molar-refractivity contribution is 0.0986. The first-order valence-corrected chi connectivity index (χ1v) is 8.74. The summed E-state index contributed by atoms with van der Waals surface area (Å²) in [6.07, 6.45) is 1.69. The Morgan fingerprint density at radius 1 is 1.33 bits per heavy atom. The largest absolute Gasteiger partial charge is 0.381 e. The van der Waals surface area contributed by atoms with Crippen LogP contribution in [-0.4, -0.2) is 47.7 Å². The Morgan fingerprint density at radius 2 is 2.12 bits per heavy atom. The third-order valence-electron chi connectivity index (χ3n) is 5.29. The van der Waals surface area contributed by atoms with Crippen LogP contribution in [0.1, 0.15) is 42.8 Å². The molecular formula is C17H28N4O3. The van der Waals surface area contributed by atoms with E-state index in [1.165, 1.54) is 0 Å². The molecule has 3 rings (SSSR count). The van der Waals surface area contributed by atoms with Crippen LogP contribution in [0.25, 0.3) is 0 Å². The highest BCUT2D eigenvalue weighted by molar-refractivity contribution is 5.74. The highest BCUT2D eigenvalue weighted by Crippen LogP contribution is 2.33. The smallest absolute Gasteiger partial charge is 0.315 e. The van der Waals surface area contributed by atoms with E-state index in [9.17, 15) is 4.79 Å². The molecule has 2 unspecified atom stereocenters. The molecule has 0 aromatic carbocycles. The van der Waals surface area contributed by atoms with Crippen LogP contribution >= 0.6 is 0 Å². The van der Waals surface area contributed by atoms with Crippen LogP contribution in [0.2, 0.25) is 0 Å². The predicted octanol–water partition coefficient (Wildman–Crippen LogP) is 1.59. The van der Waals surface area contributed by atoms with Gasteiger partial charge in [0.05, 0.1) is 18.3 Å². The number of aromatic nitrogens is 2. The maximum Gasteiger partial charge on any atom is 0.315 e. The molecule has 7 nitrogen and oxygen atoms in total. The summed E-state index contributed by atoms with van der Waals surface area (Å²) in [6.45, 7) is 8.23. The summed E-state index contributed by atoms with van der Waals surface area (Å²) in [4.78, 5) is 12.4. The van der Waals surface area contributed by atoms with E-state index in [1.54, 1.807) is 0 Å². The molecule has 0 bridgehead atoms. The molecule has 0 saturated carbocycles. The molecule has 2 aliphatic heterocycles. The van der Waals surface area contributed by atoms with Crippen molar-refractivity contribution in [3.05, 3.63) is 17.0 Å². The van der Waals surface area contributed by atoms with Gasteiger partial charge in [-0.3, -0.25) is 4.68 Å². The van der Waals surface area contributed by atoms with Crippen LogP contribution in [-0.2, 0) is 16.5 Å². The summed E-state index contributed by atoms with van der Waals surface area (Å²) in [7, 11) is 1.93. The van der Waals surface area contributed by atoms with Crippen molar-refractivity contribution in [3.63, 3.8) is 0 Å². The number of aryl methyl sites for hydroxylation is 2. The number of nitrogens with one attached hydrogen (secondary N) is 2. The highest BCUT2D eigenvalue weighted by Gasteiger charge is 2.35. The van der Waals surface area contributed by atoms with Gasteiger partial charge in [0.1, 0.15) is 6.10 Å². The molecule has 134 valence electrons. The van der Waals surface area contributed by atoms with Crippen LogP contribution < -0.4 is 10.6 Å². The SMILES string of the molecule is Cc1nn(C)c(C)c1[C@H]1OCC[C@@H]1NC(=O)NC(C)C1CCOC1. The van der Waals surface area contributed by atoms with Gasteiger partial charge in [0.2, 0.25) is 0 Å². The molecule has 2 aliphatic rings. The third-order valence-corrected chi connectivity index (χ3v) is 5.29. The second-order valence-corrected chi connectivity index (χ2v) is 6.92. The van der Waals surface area contributed by atoms with Crippen LogP contribution in [0.5, 0.6) is 0 Å². The first kappa shape index (κ1) is 17.2. The molecule has 2 saturated heterocycles. The fourth-order valence-corrected chi connectivity index (χ4v) is 3.71. The number of amides is 2. The standard InChI is InChI=1S/C17H28N4O3/c1-10(13-5-7-23-9-13)18-17(22)19-14-6-8-24-16(14)15-11(2)20-21(4)12(15)3/h10,13-14,16H,5-9H2,1-4H3,(H2,18,19,22)/t10?,13?,14-,16-/m0/s1. The summed E-state index contributed by atoms with van der Waals surface area (Å²) < 4.78 is 13.2. The molecule has 4 atom stereocenters. The molecule has 2 amide bonds. The van der Waals surface area contributed by atoms with Crippen LogP contribution in [0.4, 0.5) is 4.79 Å². The number of rotatable bonds is 4. The summed E-state index contributed by atoms with van der Waals surface area (Å²) >= 11 is 0. The van der Waals surface area contributed by atoms with E-state index < -0.39 is 0 Å². The average Bonchev–Trinajstić information content (AvgIpc) is 3.23. The second-order valence-electron chi connectivity index (χ2n) is 6.92. The van der Waals surface area contributed by atoms with Crippen molar-refractivity contribution in [1.29, 1.82) is 0 Å². The minimum absolute atomic E-state index is 0.0290. The van der Waals surface area contributed by atoms with E-state index in [0.717, 1.165) is 43.0 Å².